The molecular weight excluding hydrogens is 264 g/mol. The van der Waals surface area contributed by atoms with Crippen LogP contribution in [0, 0.1) is 5.92 Å². The van der Waals surface area contributed by atoms with Crippen molar-refractivity contribution in [3.05, 3.63) is 24.3 Å². The number of carbonyl (C=O) groups excluding carboxylic acids is 1. The molecule has 19 heavy (non-hydrogen) atoms. The molecule has 1 heterocycles. The number of hydrogen-bond acceptors (Lipinski definition) is 4. The van der Waals surface area contributed by atoms with Crippen LogP contribution in [0.25, 0.3) is 0 Å². The molecular formula is C13H16N2O3S. The van der Waals surface area contributed by atoms with Gasteiger partial charge in [0.05, 0.1) is 12.2 Å². The zero-order chi connectivity index (χ0) is 14.0. The minimum absolute atomic E-state index is 0.100. The molecule has 0 N–H and O–H groups in total. The molecule has 1 atom stereocenters. The quantitative estimate of drug-likeness (QED) is 0.846. The highest BCUT2D eigenvalue weighted by Gasteiger charge is 2.30. The lowest BCUT2D eigenvalue weighted by molar-refractivity contribution is -0.122. The first-order valence-electron chi connectivity index (χ1n) is 6.14. The van der Waals surface area contributed by atoms with Crippen molar-refractivity contribution < 1.29 is 13.2 Å². The van der Waals surface area contributed by atoms with Crippen molar-refractivity contribution in [1.82, 2.24) is 4.31 Å². The van der Waals surface area contributed by atoms with Gasteiger partial charge in [-0.15, -0.1) is 0 Å². The van der Waals surface area contributed by atoms with Crippen LogP contribution in [0.5, 0.6) is 0 Å². The Hall–Kier alpha value is -1.69. The van der Waals surface area contributed by atoms with Gasteiger partial charge in [0.1, 0.15) is 11.2 Å². The molecule has 0 bridgehead atoms. The molecule has 0 radical (unpaired) electrons. The number of aliphatic imine (C=N–C) groups is 1. The maximum atomic E-state index is 12.3. The van der Waals surface area contributed by atoms with Crippen LogP contribution in [-0.2, 0) is 14.8 Å². The lowest BCUT2D eigenvalue weighted by Gasteiger charge is -2.24. The molecule has 0 aromatic heterocycles. The Labute approximate surface area is 113 Å². The summed E-state index contributed by atoms with van der Waals surface area (Å²) in [5.74, 6) is -0.252. The minimum Gasteiger partial charge on any atom is -0.297 e. The third kappa shape index (κ3) is 2.53. The molecule has 0 aliphatic carbocycles. The van der Waals surface area contributed by atoms with Gasteiger partial charge >= 0.3 is 0 Å². The van der Waals surface area contributed by atoms with E-state index in [4.69, 9.17) is 0 Å². The lowest BCUT2D eigenvalue weighted by atomic mass is 10.0. The molecule has 6 heteroatoms. The molecule has 1 aliphatic rings. The van der Waals surface area contributed by atoms with Gasteiger partial charge in [-0.25, -0.2) is 17.7 Å². The second kappa shape index (κ2) is 5.13. The second-order valence-electron chi connectivity index (χ2n) is 4.54. The monoisotopic (exact) mass is 280 g/mol. The number of ketones is 1. The summed E-state index contributed by atoms with van der Waals surface area (Å²) in [6, 6.07) is 6.51. The summed E-state index contributed by atoms with van der Waals surface area (Å²) < 4.78 is 25.7. The van der Waals surface area contributed by atoms with Gasteiger partial charge in [-0.2, -0.15) is 0 Å². The Morgan fingerprint density at radius 2 is 2.05 bits per heavy atom. The topological polar surface area (TPSA) is 66.8 Å². The zero-order valence-corrected chi connectivity index (χ0v) is 11.7. The van der Waals surface area contributed by atoms with E-state index in [9.17, 15) is 13.2 Å². The SMILES string of the molecule is CCC(C)C(=O)CN1C=Nc2ccccc2S1(=O)=O. The van der Waals surface area contributed by atoms with Crippen molar-refractivity contribution in [3.8, 4) is 0 Å². The molecule has 1 aromatic rings. The van der Waals surface area contributed by atoms with Crippen molar-refractivity contribution in [2.75, 3.05) is 6.54 Å². The number of carbonyl (C=O) groups is 1. The van der Waals surface area contributed by atoms with Gasteiger partial charge in [-0.3, -0.25) is 4.79 Å². The predicted molar refractivity (Wildman–Crippen MR) is 72.9 cm³/mol. The summed E-state index contributed by atoms with van der Waals surface area (Å²) in [4.78, 5) is 16.1. The highest BCUT2D eigenvalue weighted by molar-refractivity contribution is 7.89. The molecule has 2 rings (SSSR count). The average Bonchev–Trinajstić information content (AvgIpc) is 2.41. The number of para-hydroxylation sites is 1. The third-order valence-corrected chi connectivity index (χ3v) is 4.99. The van der Waals surface area contributed by atoms with Crippen molar-refractivity contribution >= 4 is 27.8 Å². The average molecular weight is 280 g/mol. The van der Waals surface area contributed by atoms with Crippen LogP contribution in [0.3, 0.4) is 0 Å². The first-order chi connectivity index (χ1) is 8.96. The normalized spacial score (nSPS) is 17.9. The smallest absolute Gasteiger partial charge is 0.267 e. The number of sulfonamides is 1. The maximum Gasteiger partial charge on any atom is 0.267 e. The van der Waals surface area contributed by atoms with Gasteiger partial charge < -0.3 is 0 Å². The van der Waals surface area contributed by atoms with E-state index in [0.717, 1.165) is 4.31 Å². The van der Waals surface area contributed by atoms with E-state index < -0.39 is 10.0 Å². The zero-order valence-electron chi connectivity index (χ0n) is 10.9. The summed E-state index contributed by atoms with van der Waals surface area (Å²) in [7, 11) is -3.66. The van der Waals surface area contributed by atoms with E-state index in [-0.39, 0.29) is 23.1 Å². The number of fused-ring (bicyclic) bond motifs is 1. The highest BCUT2D eigenvalue weighted by Crippen LogP contribution is 2.29. The van der Waals surface area contributed by atoms with Crippen LogP contribution >= 0.6 is 0 Å². The molecule has 0 saturated heterocycles. The Morgan fingerprint density at radius 3 is 2.74 bits per heavy atom. The summed E-state index contributed by atoms with van der Waals surface area (Å²) in [6.07, 6.45) is 1.92. The molecule has 0 saturated carbocycles. The first kappa shape index (κ1) is 13.7. The Bertz CT molecular complexity index is 623. The number of Topliss-reactive ketones (excluding diaryl/α,β-unsaturated/α-hetero) is 1. The fraction of sp³-hybridized carbons (Fsp3) is 0.385. The predicted octanol–water partition coefficient (Wildman–Crippen LogP) is 1.97. The summed E-state index contributed by atoms with van der Waals surface area (Å²) >= 11 is 0. The largest absolute Gasteiger partial charge is 0.297 e. The Kier molecular flexibility index (Phi) is 3.71. The van der Waals surface area contributed by atoms with E-state index in [1.165, 1.54) is 12.4 Å². The van der Waals surface area contributed by atoms with Gasteiger partial charge in [0.25, 0.3) is 10.0 Å². The number of rotatable bonds is 4. The van der Waals surface area contributed by atoms with Gasteiger partial charge in [0.15, 0.2) is 5.78 Å². The standard InChI is InChI=1S/C13H16N2O3S/c1-3-10(2)12(16)8-15-9-14-11-6-4-5-7-13(11)19(15,17)18/h4-7,9-10H,3,8H2,1-2H3. The van der Waals surface area contributed by atoms with E-state index in [1.807, 2.05) is 6.92 Å². The van der Waals surface area contributed by atoms with Gasteiger partial charge in [-0.1, -0.05) is 26.0 Å². The second-order valence-corrected chi connectivity index (χ2v) is 6.40. The third-order valence-electron chi connectivity index (χ3n) is 3.25. The Morgan fingerprint density at radius 1 is 1.37 bits per heavy atom. The summed E-state index contributed by atoms with van der Waals surface area (Å²) in [6.45, 7) is 3.54. The fourth-order valence-electron chi connectivity index (χ4n) is 1.76. The van der Waals surface area contributed by atoms with E-state index in [0.29, 0.717) is 12.1 Å². The first-order valence-corrected chi connectivity index (χ1v) is 7.58. The molecule has 102 valence electrons. The van der Waals surface area contributed by atoms with Crippen LogP contribution in [0.4, 0.5) is 5.69 Å². The van der Waals surface area contributed by atoms with Gasteiger partial charge in [0, 0.05) is 5.92 Å². The number of hydrogen-bond donors (Lipinski definition) is 0. The summed E-state index contributed by atoms with van der Waals surface area (Å²) in [5.41, 5.74) is 0.412. The molecule has 1 unspecified atom stereocenters. The number of benzene rings is 1. The molecule has 5 nitrogen and oxygen atoms in total. The van der Waals surface area contributed by atoms with E-state index in [1.54, 1.807) is 25.1 Å². The fourth-order valence-corrected chi connectivity index (χ4v) is 3.12. The summed E-state index contributed by atoms with van der Waals surface area (Å²) in [5, 5.41) is 0. The molecule has 1 aromatic carbocycles. The molecule has 0 spiro atoms. The highest BCUT2D eigenvalue weighted by atomic mass is 32.2. The van der Waals surface area contributed by atoms with Crippen LogP contribution in [-0.4, -0.2) is 31.4 Å². The van der Waals surface area contributed by atoms with Crippen molar-refractivity contribution in [2.45, 2.75) is 25.2 Å². The van der Waals surface area contributed by atoms with E-state index >= 15 is 0 Å². The van der Waals surface area contributed by atoms with Crippen molar-refractivity contribution in [2.24, 2.45) is 10.9 Å². The van der Waals surface area contributed by atoms with Gasteiger partial charge in [0.2, 0.25) is 0 Å². The minimum atomic E-state index is -3.66. The molecule has 0 fully saturated rings. The number of nitrogens with zero attached hydrogens (tertiary/aromatic N) is 2. The van der Waals surface area contributed by atoms with Crippen LogP contribution < -0.4 is 0 Å². The van der Waals surface area contributed by atoms with Gasteiger partial charge in [-0.05, 0) is 18.6 Å². The lowest BCUT2D eigenvalue weighted by Crippen LogP contribution is -2.37. The van der Waals surface area contributed by atoms with Crippen LogP contribution in [0.1, 0.15) is 20.3 Å². The molecule has 1 aliphatic heterocycles. The maximum absolute atomic E-state index is 12.3. The van der Waals surface area contributed by atoms with Crippen LogP contribution in [0.2, 0.25) is 0 Å². The Balaban J connectivity index is 2.30. The van der Waals surface area contributed by atoms with Crippen molar-refractivity contribution in [1.29, 1.82) is 0 Å². The van der Waals surface area contributed by atoms with Crippen molar-refractivity contribution in [3.63, 3.8) is 0 Å². The van der Waals surface area contributed by atoms with Crippen LogP contribution in [0.15, 0.2) is 34.2 Å². The molecule has 0 amide bonds. The van der Waals surface area contributed by atoms with E-state index in [2.05, 4.69) is 4.99 Å².